The molecule has 0 spiro atoms. The molecule has 5 heterocycles. The van der Waals surface area contributed by atoms with Gasteiger partial charge in [-0.05, 0) is 50.1 Å². The molecular formula is C25H23N5O5. The van der Waals surface area contributed by atoms with Crippen LogP contribution in [0.2, 0.25) is 0 Å². The molecular weight excluding hydrogens is 450 g/mol. The Bertz CT molecular complexity index is 1550. The van der Waals surface area contributed by atoms with Gasteiger partial charge >= 0.3 is 5.97 Å². The van der Waals surface area contributed by atoms with E-state index in [-0.39, 0.29) is 41.3 Å². The molecule has 35 heavy (non-hydrogen) atoms. The average Bonchev–Trinajstić information content (AvgIpc) is 3.39. The van der Waals surface area contributed by atoms with Crippen LogP contribution in [0, 0.1) is 0 Å². The maximum Gasteiger partial charge on any atom is 0.341 e. The minimum absolute atomic E-state index is 0.00883. The molecule has 10 heteroatoms. The van der Waals surface area contributed by atoms with Gasteiger partial charge in [0.2, 0.25) is 0 Å². The topological polar surface area (TPSA) is 117 Å². The molecule has 0 bridgehead atoms. The molecule has 10 nitrogen and oxygen atoms in total. The van der Waals surface area contributed by atoms with Crippen LogP contribution in [-0.2, 0) is 16.0 Å². The number of pyridine rings is 3. The lowest BCUT2D eigenvalue weighted by Gasteiger charge is -2.18. The van der Waals surface area contributed by atoms with E-state index < -0.39 is 11.9 Å². The summed E-state index contributed by atoms with van der Waals surface area (Å²) >= 11 is 0. The minimum Gasteiger partial charge on any atom is -0.462 e. The normalized spacial score (nSPS) is 16.1. The number of hydrogen-bond acceptors (Lipinski definition) is 7. The SMILES string of the molecule is CCOC(=O)c1cc2c(=O)n3ccccc3nc2n(C[C@@H]2CCCO2)c1=NC(=O)c1ccncc1. The molecule has 1 atom stereocenters. The number of nitrogens with zero attached hydrogens (tertiary/aromatic N) is 5. The van der Waals surface area contributed by atoms with Gasteiger partial charge in [-0.1, -0.05) is 6.07 Å². The zero-order valence-electron chi connectivity index (χ0n) is 19.1. The first kappa shape index (κ1) is 22.6. The van der Waals surface area contributed by atoms with Crippen molar-refractivity contribution in [2.75, 3.05) is 13.2 Å². The highest BCUT2D eigenvalue weighted by Gasteiger charge is 2.23. The second kappa shape index (κ2) is 9.59. The van der Waals surface area contributed by atoms with Gasteiger partial charge in [0.05, 0.1) is 24.6 Å². The molecule has 1 amide bonds. The Labute approximate surface area is 199 Å². The number of ether oxygens (including phenoxy) is 2. The van der Waals surface area contributed by atoms with Gasteiger partial charge in [0, 0.05) is 30.8 Å². The summed E-state index contributed by atoms with van der Waals surface area (Å²) < 4.78 is 14.1. The smallest absolute Gasteiger partial charge is 0.341 e. The lowest BCUT2D eigenvalue weighted by Crippen LogP contribution is -2.35. The van der Waals surface area contributed by atoms with Crippen LogP contribution in [0.1, 0.15) is 40.5 Å². The summed E-state index contributed by atoms with van der Waals surface area (Å²) in [5.41, 5.74) is 0.789. The molecule has 4 aromatic heterocycles. The van der Waals surface area contributed by atoms with E-state index >= 15 is 0 Å². The molecule has 1 fully saturated rings. The summed E-state index contributed by atoms with van der Waals surface area (Å²) in [5.74, 6) is -1.25. The quantitative estimate of drug-likeness (QED) is 0.322. The molecule has 0 saturated carbocycles. The summed E-state index contributed by atoms with van der Waals surface area (Å²) in [4.78, 5) is 52.4. The largest absolute Gasteiger partial charge is 0.462 e. The number of esters is 1. The van der Waals surface area contributed by atoms with Crippen LogP contribution >= 0.6 is 0 Å². The van der Waals surface area contributed by atoms with E-state index in [0.717, 1.165) is 12.8 Å². The Kier molecular flexibility index (Phi) is 6.19. The first-order valence-electron chi connectivity index (χ1n) is 11.4. The molecule has 0 aliphatic carbocycles. The predicted octanol–water partition coefficient (Wildman–Crippen LogP) is 2.14. The Morgan fingerprint density at radius 2 is 2.06 bits per heavy atom. The van der Waals surface area contributed by atoms with E-state index in [1.165, 1.54) is 22.9 Å². The van der Waals surface area contributed by atoms with E-state index in [9.17, 15) is 14.4 Å². The Morgan fingerprint density at radius 3 is 2.80 bits per heavy atom. The van der Waals surface area contributed by atoms with Gasteiger partial charge < -0.3 is 14.0 Å². The van der Waals surface area contributed by atoms with Crippen molar-refractivity contribution in [2.45, 2.75) is 32.4 Å². The molecule has 1 aliphatic rings. The average molecular weight is 473 g/mol. The van der Waals surface area contributed by atoms with E-state index in [1.807, 2.05) is 0 Å². The van der Waals surface area contributed by atoms with Crippen LogP contribution in [0.4, 0.5) is 0 Å². The number of rotatable bonds is 5. The van der Waals surface area contributed by atoms with Gasteiger partial charge in [-0.15, -0.1) is 0 Å². The summed E-state index contributed by atoms with van der Waals surface area (Å²) in [7, 11) is 0. The fraction of sp³-hybridized carbons (Fsp3) is 0.280. The molecule has 1 aliphatic heterocycles. The fourth-order valence-corrected chi connectivity index (χ4v) is 4.18. The van der Waals surface area contributed by atoms with Crippen LogP contribution in [0.3, 0.4) is 0 Å². The summed E-state index contributed by atoms with van der Waals surface area (Å²) in [6, 6.07) is 9.72. The lowest BCUT2D eigenvalue weighted by molar-refractivity contribution is 0.0521. The fourth-order valence-electron chi connectivity index (χ4n) is 4.18. The third-order valence-corrected chi connectivity index (χ3v) is 5.83. The van der Waals surface area contributed by atoms with Crippen molar-refractivity contribution in [1.82, 2.24) is 18.9 Å². The van der Waals surface area contributed by atoms with Gasteiger partial charge in [-0.25, -0.2) is 9.78 Å². The number of hydrogen-bond donors (Lipinski definition) is 0. The molecule has 0 aromatic carbocycles. The summed E-state index contributed by atoms with van der Waals surface area (Å²) in [5, 5.41) is 0.213. The molecule has 5 rings (SSSR count). The molecule has 1 saturated heterocycles. The molecule has 0 N–H and O–H groups in total. The monoisotopic (exact) mass is 473 g/mol. The number of carbonyl (C=O) groups excluding carboxylic acids is 2. The van der Waals surface area contributed by atoms with Crippen LogP contribution in [0.15, 0.2) is 64.8 Å². The third-order valence-electron chi connectivity index (χ3n) is 5.83. The van der Waals surface area contributed by atoms with Crippen LogP contribution in [0.5, 0.6) is 0 Å². The van der Waals surface area contributed by atoms with Gasteiger partial charge in [0.1, 0.15) is 16.9 Å². The molecule has 0 radical (unpaired) electrons. The van der Waals surface area contributed by atoms with Crippen molar-refractivity contribution in [2.24, 2.45) is 4.99 Å². The van der Waals surface area contributed by atoms with Crippen LogP contribution in [0.25, 0.3) is 16.7 Å². The van der Waals surface area contributed by atoms with Crippen molar-refractivity contribution in [1.29, 1.82) is 0 Å². The minimum atomic E-state index is -0.686. The Morgan fingerprint density at radius 1 is 1.23 bits per heavy atom. The van der Waals surface area contributed by atoms with Crippen molar-refractivity contribution in [3.05, 3.63) is 82.0 Å². The van der Waals surface area contributed by atoms with Gasteiger partial charge in [0.25, 0.3) is 11.5 Å². The number of carbonyl (C=O) groups is 2. The highest BCUT2D eigenvalue weighted by Crippen LogP contribution is 2.17. The zero-order chi connectivity index (χ0) is 24.4. The highest BCUT2D eigenvalue weighted by molar-refractivity contribution is 5.97. The lowest BCUT2D eigenvalue weighted by atomic mass is 10.1. The number of aromatic nitrogens is 4. The van der Waals surface area contributed by atoms with Crippen LogP contribution < -0.4 is 11.0 Å². The van der Waals surface area contributed by atoms with E-state index in [1.54, 1.807) is 48.0 Å². The van der Waals surface area contributed by atoms with Crippen molar-refractivity contribution in [3.8, 4) is 0 Å². The maximum absolute atomic E-state index is 13.4. The van der Waals surface area contributed by atoms with Crippen molar-refractivity contribution < 1.29 is 19.1 Å². The Hall–Kier alpha value is -4.18. The van der Waals surface area contributed by atoms with E-state index in [2.05, 4.69) is 9.98 Å². The summed E-state index contributed by atoms with van der Waals surface area (Å²) in [6.45, 7) is 2.68. The number of fused-ring (bicyclic) bond motifs is 2. The Balaban J connectivity index is 1.86. The van der Waals surface area contributed by atoms with Crippen molar-refractivity contribution in [3.63, 3.8) is 0 Å². The van der Waals surface area contributed by atoms with Gasteiger partial charge in [-0.2, -0.15) is 4.99 Å². The predicted molar refractivity (Wildman–Crippen MR) is 126 cm³/mol. The molecule has 4 aromatic rings. The summed E-state index contributed by atoms with van der Waals surface area (Å²) in [6.07, 6.45) is 6.10. The molecule has 0 unspecified atom stereocenters. The highest BCUT2D eigenvalue weighted by atomic mass is 16.5. The van der Waals surface area contributed by atoms with Gasteiger partial charge in [-0.3, -0.25) is 19.0 Å². The standard InChI is InChI=1S/C25H23N5O5/c1-2-34-25(33)19-14-18-21(27-20-7-3-4-12-29(20)24(18)32)30(15-17-6-5-13-35-17)22(19)28-23(31)16-8-10-26-11-9-16/h3-4,7-12,14,17H,2,5-6,13,15H2,1H3/t17-/m0/s1. The first-order valence-corrected chi connectivity index (χ1v) is 11.4. The van der Waals surface area contributed by atoms with Gasteiger partial charge in [0.15, 0.2) is 5.49 Å². The second-order valence-corrected chi connectivity index (χ2v) is 8.08. The molecule has 178 valence electrons. The van der Waals surface area contributed by atoms with E-state index in [4.69, 9.17) is 14.5 Å². The van der Waals surface area contributed by atoms with Crippen molar-refractivity contribution >= 4 is 28.6 Å². The van der Waals surface area contributed by atoms with E-state index in [0.29, 0.717) is 23.5 Å². The zero-order valence-corrected chi connectivity index (χ0v) is 19.1. The third kappa shape index (κ3) is 4.35. The second-order valence-electron chi connectivity index (χ2n) is 8.08. The number of amides is 1. The maximum atomic E-state index is 13.4. The van der Waals surface area contributed by atoms with Crippen LogP contribution in [-0.4, -0.2) is 50.1 Å². The first-order chi connectivity index (χ1) is 17.1.